The standard InChI is InChI=1S/C20H20N6O2S3/c1-11-12(2)31-18-17(11)19(28)25(10-21-18)24-16(27)9-30-20-23-22-15(26(20)13-5-6-13)8-14-4-3-7-29-14/h3-4,7,10,13H,5-6,8-9H2,1-2H3,(H,24,27). The number of hydrogen-bond donors (Lipinski definition) is 1. The van der Waals surface area contributed by atoms with E-state index in [1.807, 2.05) is 19.9 Å². The van der Waals surface area contributed by atoms with E-state index in [1.165, 1.54) is 34.3 Å². The molecule has 4 aromatic heterocycles. The summed E-state index contributed by atoms with van der Waals surface area (Å²) >= 11 is 4.53. The van der Waals surface area contributed by atoms with Crippen LogP contribution < -0.4 is 11.0 Å². The molecule has 8 nitrogen and oxygen atoms in total. The highest BCUT2D eigenvalue weighted by Crippen LogP contribution is 2.39. The van der Waals surface area contributed by atoms with Crippen molar-refractivity contribution in [2.45, 2.75) is 44.3 Å². The fraction of sp³-hybridized carbons (Fsp3) is 0.350. The third kappa shape index (κ3) is 4.04. The van der Waals surface area contributed by atoms with E-state index in [1.54, 1.807) is 11.3 Å². The number of carbonyl (C=O) groups is 1. The zero-order chi connectivity index (χ0) is 21.5. The minimum absolute atomic E-state index is 0.135. The number of thiophene rings is 2. The second-order valence-electron chi connectivity index (χ2n) is 7.46. The lowest BCUT2D eigenvalue weighted by atomic mass is 10.2. The Labute approximate surface area is 190 Å². The summed E-state index contributed by atoms with van der Waals surface area (Å²) in [7, 11) is 0. The number of aromatic nitrogens is 5. The van der Waals surface area contributed by atoms with Gasteiger partial charge in [-0.2, -0.15) is 0 Å². The second-order valence-corrected chi connectivity index (χ2v) is 10.6. The summed E-state index contributed by atoms with van der Waals surface area (Å²) in [5, 5.41) is 12.1. The number of carbonyl (C=O) groups excluding carboxylic acids is 1. The van der Waals surface area contributed by atoms with Gasteiger partial charge in [-0.15, -0.1) is 32.9 Å². The van der Waals surface area contributed by atoms with Crippen LogP contribution in [0, 0.1) is 13.8 Å². The zero-order valence-corrected chi connectivity index (χ0v) is 19.4. The molecule has 0 radical (unpaired) electrons. The van der Waals surface area contributed by atoms with E-state index in [9.17, 15) is 9.59 Å². The molecule has 0 aliphatic heterocycles. The second kappa shape index (κ2) is 8.21. The molecule has 0 spiro atoms. The van der Waals surface area contributed by atoms with Crippen molar-refractivity contribution in [3.63, 3.8) is 0 Å². The highest BCUT2D eigenvalue weighted by Gasteiger charge is 2.30. The number of amides is 1. The van der Waals surface area contributed by atoms with E-state index in [0.717, 1.165) is 45.4 Å². The number of hydrogen-bond acceptors (Lipinski definition) is 8. The van der Waals surface area contributed by atoms with Crippen molar-refractivity contribution in [2.24, 2.45) is 0 Å². The molecule has 0 bridgehead atoms. The monoisotopic (exact) mass is 472 g/mol. The smallest absolute Gasteiger partial charge is 0.281 e. The predicted octanol–water partition coefficient (Wildman–Crippen LogP) is 3.52. The van der Waals surface area contributed by atoms with Gasteiger partial charge in [0.1, 0.15) is 17.0 Å². The molecular weight excluding hydrogens is 452 g/mol. The van der Waals surface area contributed by atoms with Crippen LogP contribution in [0.25, 0.3) is 10.2 Å². The number of rotatable bonds is 7. The zero-order valence-electron chi connectivity index (χ0n) is 17.0. The molecule has 0 unspecified atom stereocenters. The molecule has 0 atom stereocenters. The van der Waals surface area contributed by atoms with Crippen molar-refractivity contribution < 1.29 is 4.79 Å². The Kier molecular flexibility index (Phi) is 5.40. The lowest BCUT2D eigenvalue weighted by molar-refractivity contribution is -0.114. The first-order chi connectivity index (χ1) is 15.0. The van der Waals surface area contributed by atoms with Gasteiger partial charge in [0.25, 0.3) is 5.56 Å². The van der Waals surface area contributed by atoms with Crippen LogP contribution in [0.5, 0.6) is 0 Å². The van der Waals surface area contributed by atoms with Crippen LogP contribution in [0.3, 0.4) is 0 Å². The molecule has 160 valence electrons. The van der Waals surface area contributed by atoms with E-state index in [0.29, 0.717) is 16.3 Å². The van der Waals surface area contributed by atoms with Crippen LogP contribution in [0.2, 0.25) is 0 Å². The summed E-state index contributed by atoms with van der Waals surface area (Å²) in [4.78, 5) is 32.6. The molecule has 1 aliphatic rings. The van der Waals surface area contributed by atoms with Crippen molar-refractivity contribution >= 4 is 50.6 Å². The highest BCUT2D eigenvalue weighted by atomic mass is 32.2. The number of thioether (sulfide) groups is 1. The lowest BCUT2D eigenvalue weighted by Crippen LogP contribution is -2.34. The molecule has 1 N–H and O–H groups in total. The topological polar surface area (TPSA) is 94.7 Å². The average Bonchev–Trinajstić information content (AvgIpc) is 3.16. The fourth-order valence-electron chi connectivity index (χ4n) is 3.41. The van der Waals surface area contributed by atoms with Gasteiger partial charge in [-0.1, -0.05) is 17.8 Å². The third-order valence-corrected chi connectivity index (χ3v) is 8.16. The minimum Gasteiger partial charge on any atom is -0.303 e. The van der Waals surface area contributed by atoms with Crippen molar-refractivity contribution in [3.8, 4) is 0 Å². The van der Waals surface area contributed by atoms with E-state index in [4.69, 9.17) is 0 Å². The summed E-state index contributed by atoms with van der Waals surface area (Å²) in [6, 6.07) is 4.54. The molecule has 1 aliphatic carbocycles. The number of nitrogens with one attached hydrogen (secondary N) is 1. The largest absolute Gasteiger partial charge is 0.303 e. The van der Waals surface area contributed by atoms with Crippen molar-refractivity contribution in [3.05, 3.63) is 55.3 Å². The molecule has 0 saturated heterocycles. The van der Waals surface area contributed by atoms with Gasteiger partial charge in [0, 0.05) is 22.2 Å². The third-order valence-electron chi connectivity index (χ3n) is 5.23. The Morgan fingerprint density at radius 2 is 2.16 bits per heavy atom. The van der Waals surface area contributed by atoms with E-state index < -0.39 is 0 Å². The first kappa shape index (κ1) is 20.4. The molecule has 11 heteroatoms. The number of aryl methyl sites for hydroxylation is 2. The first-order valence-corrected chi connectivity index (χ1v) is 12.6. The van der Waals surface area contributed by atoms with Gasteiger partial charge in [0.2, 0.25) is 5.91 Å². The first-order valence-electron chi connectivity index (χ1n) is 9.87. The Morgan fingerprint density at radius 1 is 1.32 bits per heavy atom. The lowest BCUT2D eigenvalue weighted by Gasteiger charge is -2.09. The van der Waals surface area contributed by atoms with Gasteiger partial charge in [-0.25, -0.2) is 9.66 Å². The van der Waals surface area contributed by atoms with Gasteiger partial charge in [-0.05, 0) is 43.7 Å². The SMILES string of the molecule is Cc1sc2ncn(NC(=O)CSc3nnc(Cc4cccs4)n3C3CC3)c(=O)c2c1C. The average molecular weight is 473 g/mol. The molecule has 4 aromatic rings. The van der Waals surface area contributed by atoms with Crippen molar-refractivity contribution in [1.29, 1.82) is 0 Å². The number of fused-ring (bicyclic) bond motifs is 1. The Morgan fingerprint density at radius 3 is 2.90 bits per heavy atom. The van der Waals surface area contributed by atoms with E-state index in [2.05, 4.69) is 36.6 Å². The van der Waals surface area contributed by atoms with Gasteiger partial charge >= 0.3 is 0 Å². The van der Waals surface area contributed by atoms with Gasteiger partial charge in [0.15, 0.2) is 5.16 Å². The maximum absolute atomic E-state index is 12.8. The Balaban J connectivity index is 1.30. The van der Waals surface area contributed by atoms with Crippen molar-refractivity contribution in [2.75, 3.05) is 11.2 Å². The van der Waals surface area contributed by atoms with Crippen LogP contribution in [-0.2, 0) is 11.2 Å². The predicted molar refractivity (Wildman–Crippen MR) is 124 cm³/mol. The fourth-order valence-corrected chi connectivity index (χ4v) is 5.91. The van der Waals surface area contributed by atoms with Crippen LogP contribution in [0.1, 0.15) is 40.0 Å². The molecular formula is C20H20N6O2S3. The normalized spacial score (nSPS) is 13.7. The quantitative estimate of drug-likeness (QED) is 0.414. The van der Waals surface area contributed by atoms with E-state index >= 15 is 0 Å². The van der Waals surface area contributed by atoms with Crippen molar-refractivity contribution in [1.82, 2.24) is 24.4 Å². The van der Waals surface area contributed by atoms with Gasteiger partial charge in [-0.3, -0.25) is 15.0 Å². The van der Waals surface area contributed by atoms with Crippen LogP contribution in [-0.4, -0.2) is 36.1 Å². The summed E-state index contributed by atoms with van der Waals surface area (Å²) < 4.78 is 3.33. The summed E-state index contributed by atoms with van der Waals surface area (Å²) in [6.07, 6.45) is 4.33. The summed E-state index contributed by atoms with van der Waals surface area (Å²) in [6.45, 7) is 3.86. The highest BCUT2D eigenvalue weighted by molar-refractivity contribution is 7.99. The van der Waals surface area contributed by atoms with Crippen LogP contribution >= 0.6 is 34.4 Å². The van der Waals surface area contributed by atoms with Gasteiger partial charge in [0.05, 0.1) is 11.1 Å². The maximum atomic E-state index is 12.8. The molecule has 1 amide bonds. The van der Waals surface area contributed by atoms with Crippen LogP contribution in [0.15, 0.2) is 33.8 Å². The molecule has 1 saturated carbocycles. The maximum Gasteiger partial charge on any atom is 0.281 e. The molecule has 5 rings (SSSR count). The van der Waals surface area contributed by atoms with Crippen LogP contribution in [0.4, 0.5) is 0 Å². The number of nitrogens with zero attached hydrogens (tertiary/aromatic N) is 5. The molecule has 1 fully saturated rings. The van der Waals surface area contributed by atoms with E-state index in [-0.39, 0.29) is 17.2 Å². The molecule has 31 heavy (non-hydrogen) atoms. The molecule has 0 aromatic carbocycles. The minimum atomic E-state index is -0.289. The summed E-state index contributed by atoms with van der Waals surface area (Å²) in [5.74, 6) is 0.778. The van der Waals surface area contributed by atoms with Gasteiger partial charge < -0.3 is 4.57 Å². The molecule has 4 heterocycles. The summed E-state index contributed by atoms with van der Waals surface area (Å²) in [5.41, 5.74) is 3.30. The Bertz CT molecular complexity index is 1320. The Hall–Kier alpha value is -2.50.